The molecule has 0 saturated carbocycles. The summed E-state index contributed by atoms with van der Waals surface area (Å²) in [5, 5.41) is 6.41. The molecule has 0 aromatic heterocycles. The zero-order valence-electron chi connectivity index (χ0n) is 10.8. The van der Waals surface area contributed by atoms with Crippen LogP contribution in [0.2, 0.25) is 0 Å². The van der Waals surface area contributed by atoms with Crippen LogP contribution in [0.25, 0.3) is 0 Å². The number of benzene rings is 1. The van der Waals surface area contributed by atoms with Gasteiger partial charge in [-0.1, -0.05) is 28.1 Å². The van der Waals surface area contributed by atoms with E-state index in [1.165, 1.54) is 12.8 Å². The maximum Gasteiger partial charge on any atom is 0.224 e. The van der Waals surface area contributed by atoms with Gasteiger partial charge in [0.05, 0.1) is 6.42 Å². The van der Waals surface area contributed by atoms with Gasteiger partial charge < -0.3 is 10.6 Å². The highest BCUT2D eigenvalue weighted by Gasteiger charge is 2.13. The zero-order valence-corrected chi connectivity index (χ0v) is 13.2. The van der Waals surface area contributed by atoms with E-state index in [1.54, 1.807) is 0 Å². The minimum Gasteiger partial charge on any atom is -0.356 e. The molecule has 1 aliphatic rings. The summed E-state index contributed by atoms with van der Waals surface area (Å²) in [5.41, 5.74) is 1.05. The molecular weight excluding hydrogens is 328 g/mol. The maximum absolute atomic E-state index is 11.7. The summed E-state index contributed by atoms with van der Waals surface area (Å²) in [4.78, 5) is 11.7. The van der Waals surface area contributed by atoms with Crippen molar-refractivity contribution in [3.8, 4) is 0 Å². The fourth-order valence-corrected chi connectivity index (χ4v) is 2.50. The Morgan fingerprint density at radius 1 is 1.37 bits per heavy atom. The molecule has 1 heterocycles. The summed E-state index contributed by atoms with van der Waals surface area (Å²) < 4.78 is 1.04. The summed E-state index contributed by atoms with van der Waals surface area (Å²) in [6.45, 7) is 1.89. The van der Waals surface area contributed by atoms with Gasteiger partial charge in [-0.05, 0) is 43.5 Å². The van der Waals surface area contributed by atoms with Crippen molar-refractivity contribution in [2.24, 2.45) is 0 Å². The number of carbonyl (C=O) groups is 1. The Kier molecular flexibility index (Phi) is 7.42. The van der Waals surface area contributed by atoms with Crippen LogP contribution in [0.3, 0.4) is 0 Å². The Hall–Kier alpha value is -0.580. The first-order valence-corrected chi connectivity index (χ1v) is 7.28. The fraction of sp³-hybridized carbons (Fsp3) is 0.500. The molecule has 19 heavy (non-hydrogen) atoms. The second-order valence-electron chi connectivity index (χ2n) is 4.74. The monoisotopic (exact) mass is 346 g/mol. The third-order valence-corrected chi connectivity index (χ3v) is 3.78. The molecule has 1 aromatic carbocycles. The van der Waals surface area contributed by atoms with Gasteiger partial charge in [0.2, 0.25) is 5.91 Å². The molecule has 2 N–H and O–H groups in total. The highest BCUT2D eigenvalue weighted by molar-refractivity contribution is 9.10. The zero-order chi connectivity index (χ0) is 12.8. The molecule has 0 unspecified atom stereocenters. The lowest BCUT2D eigenvalue weighted by Crippen LogP contribution is -2.31. The van der Waals surface area contributed by atoms with E-state index in [9.17, 15) is 4.79 Å². The second-order valence-corrected chi connectivity index (χ2v) is 5.65. The van der Waals surface area contributed by atoms with Gasteiger partial charge in [0.1, 0.15) is 0 Å². The predicted octanol–water partition coefficient (Wildman–Crippen LogP) is 2.67. The Bertz CT molecular complexity index is 391. The number of hydrogen-bond donors (Lipinski definition) is 2. The average molecular weight is 348 g/mol. The molecule has 1 amide bonds. The molecule has 5 heteroatoms. The Labute approximate surface area is 129 Å². The fourth-order valence-electron chi connectivity index (χ4n) is 2.24. The number of amides is 1. The molecule has 1 aliphatic heterocycles. The third kappa shape index (κ3) is 5.93. The van der Waals surface area contributed by atoms with Gasteiger partial charge in [0.25, 0.3) is 0 Å². The summed E-state index contributed by atoms with van der Waals surface area (Å²) in [7, 11) is 0. The van der Waals surface area contributed by atoms with Crippen molar-refractivity contribution in [3.63, 3.8) is 0 Å². The van der Waals surface area contributed by atoms with Crippen LogP contribution in [-0.2, 0) is 11.2 Å². The molecule has 0 spiro atoms. The van der Waals surface area contributed by atoms with Crippen molar-refractivity contribution in [2.45, 2.75) is 31.7 Å². The summed E-state index contributed by atoms with van der Waals surface area (Å²) in [5.74, 6) is 0.107. The lowest BCUT2D eigenvalue weighted by molar-refractivity contribution is -0.120. The third-order valence-electron chi connectivity index (χ3n) is 3.26. The van der Waals surface area contributed by atoms with Gasteiger partial charge in [0, 0.05) is 17.1 Å². The van der Waals surface area contributed by atoms with Crippen LogP contribution in [0.4, 0.5) is 0 Å². The largest absolute Gasteiger partial charge is 0.356 e. The van der Waals surface area contributed by atoms with Crippen LogP contribution in [0, 0.1) is 0 Å². The van der Waals surface area contributed by atoms with Gasteiger partial charge in [0.15, 0.2) is 0 Å². The van der Waals surface area contributed by atoms with Crippen molar-refractivity contribution in [2.75, 3.05) is 13.1 Å². The number of nitrogens with one attached hydrogen (secondary N) is 2. The highest BCUT2D eigenvalue weighted by atomic mass is 79.9. The molecule has 3 nitrogen and oxygen atoms in total. The first kappa shape index (κ1) is 16.5. The molecule has 0 aliphatic carbocycles. The molecule has 1 atom stereocenters. The maximum atomic E-state index is 11.7. The second kappa shape index (κ2) is 8.56. The minimum atomic E-state index is 0. The normalized spacial score (nSPS) is 17.8. The number of hydrogen-bond acceptors (Lipinski definition) is 2. The van der Waals surface area contributed by atoms with Crippen molar-refractivity contribution < 1.29 is 4.79 Å². The van der Waals surface area contributed by atoms with E-state index in [1.807, 2.05) is 24.3 Å². The van der Waals surface area contributed by atoms with Crippen LogP contribution in [0.15, 0.2) is 28.7 Å². The molecule has 1 aromatic rings. The van der Waals surface area contributed by atoms with E-state index in [0.717, 1.165) is 29.5 Å². The molecular formula is C14H20BrClN2O. The summed E-state index contributed by atoms with van der Waals surface area (Å²) in [6, 6.07) is 8.47. The van der Waals surface area contributed by atoms with Crippen molar-refractivity contribution >= 4 is 34.2 Å². The summed E-state index contributed by atoms with van der Waals surface area (Å²) in [6.07, 6.45) is 4.00. The van der Waals surface area contributed by atoms with Crippen LogP contribution < -0.4 is 10.6 Å². The number of rotatable bonds is 5. The topological polar surface area (TPSA) is 41.1 Å². The minimum absolute atomic E-state index is 0. The molecule has 0 bridgehead atoms. The molecule has 2 rings (SSSR count). The molecule has 1 saturated heterocycles. The first-order chi connectivity index (χ1) is 8.74. The van der Waals surface area contributed by atoms with Crippen LogP contribution in [0.5, 0.6) is 0 Å². The van der Waals surface area contributed by atoms with E-state index >= 15 is 0 Å². The number of halogens is 2. The summed E-state index contributed by atoms with van der Waals surface area (Å²) >= 11 is 3.38. The van der Waals surface area contributed by atoms with Gasteiger partial charge in [-0.3, -0.25) is 4.79 Å². The van der Waals surface area contributed by atoms with Gasteiger partial charge in [-0.25, -0.2) is 0 Å². The standard InChI is InChI=1S/C14H19BrN2O.ClH/c15-12-5-3-11(4-6-12)10-14(18)17-9-7-13-2-1-8-16-13;/h3-6,13,16H,1-2,7-10H2,(H,17,18);1H/t13-;/m1./s1. The van der Waals surface area contributed by atoms with E-state index in [2.05, 4.69) is 26.6 Å². The van der Waals surface area contributed by atoms with Crippen molar-refractivity contribution in [3.05, 3.63) is 34.3 Å². The van der Waals surface area contributed by atoms with E-state index in [4.69, 9.17) is 0 Å². The van der Waals surface area contributed by atoms with E-state index in [-0.39, 0.29) is 18.3 Å². The predicted molar refractivity (Wildman–Crippen MR) is 83.7 cm³/mol. The molecule has 1 fully saturated rings. The Balaban J connectivity index is 0.00000180. The average Bonchev–Trinajstić information content (AvgIpc) is 2.85. The molecule has 106 valence electrons. The van der Waals surface area contributed by atoms with Gasteiger partial charge in [-0.15, -0.1) is 12.4 Å². The lowest BCUT2D eigenvalue weighted by atomic mass is 10.1. The quantitative estimate of drug-likeness (QED) is 0.860. The smallest absolute Gasteiger partial charge is 0.224 e. The van der Waals surface area contributed by atoms with E-state index in [0.29, 0.717) is 12.5 Å². The Morgan fingerprint density at radius 3 is 2.74 bits per heavy atom. The highest BCUT2D eigenvalue weighted by Crippen LogP contribution is 2.11. The first-order valence-electron chi connectivity index (χ1n) is 6.48. The SMILES string of the molecule is Cl.O=C(Cc1ccc(Br)cc1)NCC[C@H]1CCCN1. The lowest BCUT2D eigenvalue weighted by Gasteiger charge is -2.10. The van der Waals surface area contributed by atoms with Crippen molar-refractivity contribution in [1.82, 2.24) is 10.6 Å². The van der Waals surface area contributed by atoms with Gasteiger partial charge in [-0.2, -0.15) is 0 Å². The van der Waals surface area contributed by atoms with Crippen LogP contribution in [-0.4, -0.2) is 25.0 Å². The van der Waals surface area contributed by atoms with Gasteiger partial charge >= 0.3 is 0 Å². The van der Waals surface area contributed by atoms with E-state index < -0.39 is 0 Å². The van der Waals surface area contributed by atoms with Crippen LogP contribution >= 0.6 is 28.3 Å². The molecule has 0 radical (unpaired) electrons. The Morgan fingerprint density at radius 2 is 2.11 bits per heavy atom. The van der Waals surface area contributed by atoms with Crippen LogP contribution in [0.1, 0.15) is 24.8 Å². The van der Waals surface area contributed by atoms with Crippen molar-refractivity contribution in [1.29, 1.82) is 0 Å². The number of carbonyl (C=O) groups excluding carboxylic acids is 1.